The van der Waals surface area contributed by atoms with Gasteiger partial charge in [0.05, 0.1) is 6.42 Å². The minimum Gasteiger partial charge on any atom is -0.453 e. The van der Waals surface area contributed by atoms with Crippen LogP contribution in [0.4, 0.5) is 5.69 Å². The van der Waals surface area contributed by atoms with Crippen molar-refractivity contribution in [3.8, 4) is 0 Å². The summed E-state index contributed by atoms with van der Waals surface area (Å²) in [7, 11) is 0. The second-order valence-electron chi connectivity index (χ2n) is 5.10. The van der Waals surface area contributed by atoms with Crippen molar-refractivity contribution in [2.45, 2.75) is 32.3 Å². The maximum atomic E-state index is 12.0. The van der Waals surface area contributed by atoms with Crippen LogP contribution < -0.4 is 5.32 Å². The van der Waals surface area contributed by atoms with Crippen LogP contribution in [0.5, 0.6) is 0 Å². The Morgan fingerprint density at radius 2 is 2.29 bits per heavy atom. The van der Waals surface area contributed by atoms with Gasteiger partial charge >= 0.3 is 5.97 Å². The second kappa shape index (κ2) is 7.41. The lowest BCUT2D eigenvalue weighted by Gasteiger charge is -2.15. The van der Waals surface area contributed by atoms with Crippen LogP contribution in [0.3, 0.4) is 0 Å². The van der Waals surface area contributed by atoms with Crippen LogP contribution in [0.25, 0.3) is 0 Å². The largest absolute Gasteiger partial charge is 0.453 e. The molecule has 1 aliphatic carbocycles. The Kier molecular flexibility index (Phi) is 5.56. The molecule has 4 nitrogen and oxygen atoms in total. The van der Waals surface area contributed by atoms with Crippen molar-refractivity contribution in [3.63, 3.8) is 0 Å². The van der Waals surface area contributed by atoms with Gasteiger partial charge in [0.2, 0.25) is 0 Å². The minimum absolute atomic E-state index is 0.248. The molecule has 0 fully saturated rings. The molecule has 0 aromatic heterocycles. The molecule has 1 aromatic rings. The lowest BCUT2D eigenvalue weighted by atomic mass is 10.1. The Morgan fingerprint density at radius 1 is 1.48 bits per heavy atom. The van der Waals surface area contributed by atoms with E-state index in [0.717, 1.165) is 17.3 Å². The summed E-state index contributed by atoms with van der Waals surface area (Å²) in [5, 5.41) is 2.72. The van der Waals surface area contributed by atoms with Crippen molar-refractivity contribution >= 4 is 33.5 Å². The van der Waals surface area contributed by atoms with E-state index in [0.29, 0.717) is 12.1 Å². The maximum absolute atomic E-state index is 12.0. The van der Waals surface area contributed by atoms with Gasteiger partial charge in [0.25, 0.3) is 5.91 Å². The predicted octanol–water partition coefficient (Wildman–Crippen LogP) is 3.68. The number of hydrogen-bond acceptors (Lipinski definition) is 3. The number of carbonyl (C=O) groups excluding carboxylic acids is 2. The summed E-state index contributed by atoms with van der Waals surface area (Å²) in [6.45, 7) is 1.58. The summed E-state index contributed by atoms with van der Waals surface area (Å²) >= 11 is 3.34. The van der Waals surface area contributed by atoms with E-state index < -0.39 is 6.10 Å². The molecule has 0 heterocycles. The molecule has 1 aromatic carbocycles. The Balaban J connectivity index is 1.81. The van der Waals surface area contributed by atoms with Crippen LogP contribution in [0, 0.1) is 5.92 Å². The number of carbonyl (C=O) groups is 2. The third-order valence-electron chi connectivity index (χ3n) is 3.31. The van der Waals surface area contributed by atoms with Gasteiger partial charge in [0.1, 0.15) is 0 Å². The number of anilines is 1. The zero-order valence-corrected chi connectivity index (χ0v) is 13.4. The first kappa shape index (κ1) is 15.8. The lowest BCUT2D eigenvalue weighted by molar-refractivity contribution is -0.153. The van der Waals surface area contributed by atoms with E-state index in [-0.39, 0.29) is 17.8 Å². The van der Waals surface area contributed by atoms with Crippen LogP contribution in [-0.4, -0.2) is 18.0 Å². The quantitative estimate of drug-likeness (QED) is 0.650. The highest BCUT2D eigenvalue weighted by molar-refractivity contribution is 9.10. The number of benzene rings is 1. The number of nitrogens with one attached hydrogen (secondary N) is 1. The van der Waals surface area contributed by atoms with Gasteiger partial charge in [-0.3, -0.25) is 9.59 Å². The van der Waals surface area contributed by atoms with Crippen molar-refractivity contribution in [1.82, 2.24) is 0 Å². The van der Waals surface area contributed by atoms with Gasteiger partial charge in [-0.2, -0.15) is 0 Å². The number of esters is 1. The van der Waals surface area contributed by atoms with E-state index in [4.69, 9.17) is 4.74 Å². The van der Waals surface area contributed by atoms with Crippen LogP contribution in [0.15, 0.2) is 40.9 Å². The molecule has 0 radical (unpaired) electrons. The highest BCUT2D eigenvalue weighted by atomic mass is 79.9. The molecule has 0 unspecified atom stereocenters. The van der Waals surface area contributed by atoms with Gasteiger partial charge in [-0.05, 0) is 43.9 Å². The average Bonchev–Trinajstić information content (AvgIpc) is 2.91. The summed E-state index contributed by atoms with van der Waals surface area (Å²) in [5.74, 6) is -0.412. The molecule has 21 heavy (non-hydrogen) atoms. The summed E-state index contributed by atoms with van der Waals surface area (Å²) in [4.78, 5) is 23.8. The molecule has 1 aliphatic rings. The Bertz CT molecular complexity index is 556. The number of ether oxygens (including phenoxy) is 1. The fraction of sp³-hybridized carbons (Fsp3) is 0.375. The molecule has 0 aliphatic heterocycles. The van der Waals surface area contributed by atoms with Gasteiger partial charge in [0.15, 0.2) is 6.10 Å². The molecule has 5 heteroatoms. The molecule has 112 valence electrons. The first-order valence-electron chi connectivity index (χ1n) is 6.97. The first-order chi connectivity index (χ1) is 10.0. The standard InChI is InChI=1S/C16H18BrNO3/c1-11(21-15(19)9-12-5-2-3-6-12)16(20)18-14-8-4-7-13(17)10-14/h2,4-5,7-8,10-12H,3,6,9H2,1H3,(H,18,20)/t11-,12+/m1/s1. The molecule has 2 rings (SSSR count). The lowest BCUT2D eigenvalue weighted by Crippen LogP contribution is -2.30. The van der Waals surface area contributed by atoms with Crippen LogP contribution >= 0.6 is 15.9 Å². The minimum atomic E-state index is -0.804. The molecule has 1 amide bonds. The molecule has 0 saturated carbocycles. The second-order valence-corrected chi connectivity index (χ2v) is 6.02. The van der Waals surface area contributed by atoms with Crippen LogP contribution in [0.2, 0.25) is 0 Å². The Morgan fingerprint density at radius 3 is 2.95 bits per heavy atom. The van der Waals surface area contributed by atoms with Crippen molar-refractivity contribution in [2.75, 3.05) is 5.32 Å². The third-order valence-corrected chi connectivity index (χ3v) is 3.80. The zero-order chi connectivity index (χ0) is 15.2. The van der Waals surface area contributed by atoms with E-state index in [1.54, 1.807) is 19.1 Å². The molecule has 0 bridgehead atoms. The van der Waals surface area contributed by atoms with Gasteiger partial charge in [-0.1, -0.05) is 34.1 Å². The van der Waals surface area contributed by atoms with Crippen LogP contribution in [-0.2, 0) is 14.3 Å². The number of hydrogen-bond donors (Lipinski definition) is 1. The highest BCUT2D eigenvalue weighted by Gasteiger charge is 2.21. The molecule has 2 atom stereocenters. The highest BCUT2D eigenvalue weighted by Crippen LogP contribution is 2.21. The van der Waals surface area contributed by atoms with Gasteiger partial charge in [-0.15, -0.1) is 0 Å². The van der Waals surface area contributed by atoms with Crippen molar-refractivity contribution in [1.29, 1.82) is 0 Å². The average molecular weight is 352 g/mol. The molecule has 0 spiro atoms. The number of allylic oxidation sites excluding steroid dienone is 2. The molecule has 0 saturated heterocycles. The summed E-state index contributed by atoms with van der Waals surface area (Å²) in [6.07, 6.45) is 5.63. The summed E-state index contributed by atoms with van der Waals surface area (Å²) in [6, 6.07) is 7.26. The Labute approximate surface area is 132 Å². The molecular weight excluding hydrogens is 334 g/mol. The van der Waals surface area contributed by atoms with E-state index in [1.165, 1.54) is 0 Å². The van der Waals surface area contributed by atoms with E-state index in [9.17, 15) is 9.59 Å². The van der Waals surface area contributed by atoms with E-state index in [1.807, 2.05) is 18.2 Å². The summed E-state index contributed by atoms with van der Waals surface area (Å²) < 4.78 is 6.05. The van der Waals surface area contributed by atoms with Crippen LogP contribution in [0.1, 0.15) is 26.2 Å². The van der Waals surface area contributed by atoms with Crippen molar-refractivity contribution in [2.24, 2.45) is 5.92 Å². The fourth-order valence-corrected chi connectivity index (χ4v) is 2.59. The van der Waals surface area contributed by atoms with Gasteiger partial charge < -0.3 is 10.1 Å². The number of rotatable bonds is 5. The number of amides is 1. The maximum Gasteiger partial charge on any atom is 0.307 e. The smallest absolute Gasteiger partial charge is 0.307 e. The molecular formula is C16H18BrNO3. The van der Waals surface area contributed by atoms with E-state index in [2.05, 4.69) is 27.3 Å². The predicted molar refractivity (Wildman–Crippen MR) is 84.8 cm³/mol. The first-order valence-corrected chi connectivity index (χ1v) is 7.76. The molecule has 1 N–H and O–H groups in total. The monoisotopic (exact) mass is 351 g/mol. The zero-order valence-electron chi connectivity index (χ0n) is 11.8. The number of halogens is 1. The Hall–Kier alpha value is -1.62. The topological polar surface area (TPSA) is 55.4 Å². The normalized spacial score (nSPS) is 18.3. The third kappa shape index (κ3) is 5.01. The SMILES string of the molecule is C[C@@H](OC(=O)C[C@H]1C=CCC1)C(=O)Nc1cccc(Br)c1. The summed E-state index contributed by atoms with van der Waals surface area (Å²) in [5.41, 5.74) is 0.663. The van der Waals surface area contributed by atoms with Gasteiger partial charge in [0, 0.05) is 10.2 Å². The van der Waals surface area contributed by atoms with Crippen molar-refractivity contribution < 1.29 is 14.3 Å². The fourth-order valence-electron chi connectivity index (χ4n) is 2.19. The van der Waals surface area contributed by atoms with Gasteiger partial charge in [-0.25, -0.2) is 0 Å². The van der Waals surface area contributed by atoms with Crippen molar-refractivity contribution in [3.05, 3.63) is 40.9 Å². The van der Waals surface area contributed by atoms with E-state index >= 15 is 0 Å².